The van der Waals surface area contributed by atoms with Crippen LogP contribution >= 0.6 is 0 Å². The van der Waals surface area contributed by atoms with E-state index in [0.29, 0.717) is 26.2 Å². The van der Waals surface area contributed by atoms with Crippen LogP contribution in [0.4, 0.5) is 11.4 Å². The highest BCUT2D eigenvalue weighted by Gasteiger charge is 2.25. The van der Waals surface area contributed by atoms with E-state index < -0.39 is 6.10 Å². The molecule has 1 aliphatic heterocycles. The van der Waals surface area contributed by atoms with E-state index in [2.05, 4.69) is 60.4 Å². The third-order valence-electron chi connectivity index (χ3n) is 6.36. The van der Waals surface area contributed by atoms with Crippen molar-refractivity contribution in [2.45, 2.75) is 52.2 Å². The number of fused-ring (bicyclic) bond motifs is 2. The second kappa shape index (κ2) is 11.9. The van der Waals surface area contributed by atoms with Crippen molar-refractivity contribution < 1.29 is 19.0 Å². The van der Waals surface area contributed by atoms with Gasteiger partial charge in [0.05, 0.1) is 12.6 Å². The van der Waals surface area contributed by atoms with E-state index in [1.165, 1.54) is 22.5 Å². The van der Waals surface area contributed by atoms with Gasteiger partial charge >= 0.3 is 5.97 Å². The number of anilines is 2. The molecule has 0 saturated heterocycles. The van der Waals surface area contributed by atoms with Crippen LogP contribution in [0.3, 0.4) is 0 Å². The Labute approximate surface area is 208 Å². The minimum Gasteiger partial charge on any atom is -0.491 e. The van der Waals surface area contributed by atoms with E-state index in [-0.39, 0.29) is 12.0 Å². The van der Waals surface area contributed by atoms with E-state index in [9.17, 15) is 4.79 Å². The quantitative estimate of drug-likeness (QED) is 0.343. The number of para-hydroxylation sites is 2. The lowest BCUT2D eigenvalue weighted by atomic mass is 10.0. The summed E-state index contributed by atoms with van der Waals surface area (Å²) in [5, 5.41) is 0. The molecule has 1 heterocycles. The second-order valence-electron chi connectivity index (χ2n) is 8.83. The van der Waals surface area contributed by atoms with Gasteiger partial charge in [-0.1, -0.05) is 48.5 Å². The molecular weight excluding hydrogens is 438 g/mol. The molecule has 0 amide bonds. The maximum atomic E-state index is 12.2. The number of esters is 1. The Kier molecular flexibility index (Phi) is 8.43. The summed E-state index contributed by atoms with van der Waals surface area (Å²) in [6.07, 6.45) is 1.96. The summed E-state index contributed by atoms with van der Waals surface area (Å²) in [7, 11) is 0. The Bertz CT molecular complexity index is 1060. The van der Waals surface area contributed by atoms with Gasteiger partial charge in [0.2, 0.25) is 0 Å². The Morgan fingerprint density at radius 2 is 1.46 bits per heavy atom. The number of hydrogen-bond donors (Lipinski definition) is 0. The summed E-state index contributed by atoms with van der Waals surface area (Å²) < 4.78 is 17.0. The number of benzene rings is 3. The van der Waals surface area contributed by atoms with E-state index in [1.807, 2.05) is 31.2 Å². The molecule has 0 saturated carbocycles. The van der Waals surface area contributed by atoms with Crippen molar-refractivity contribution in [1.82, 2.24) is 0 Å². The zero-order valence-corrected chi connectivity index (χ0v) is 20.9. The third kappa shape index (κ3) is 6.04. The molecule has 0 aromatic heterocycles. The summed E-state index contributed by atoms with van der Waals surface area (Å²) in [6.45, 7) is 7.25. The first-order chi connectivity index (χ1) is 17.1. The monoisotopic (exact) mass is 473 g/mol. The van der Waals surface area contributed by atoms with Crippen molar-refractivity contribution in [3.63, 3.8) is 0 Å². The molecule has 3 aromatic carbocycles. The van der Waals surface area contributed by atoms with Crippen LogP contribution in [0.1, 0.15) is 37.5 Å². The number of carbonyl (C=O) groups is 1. The average Bonchev–Trinajstić information content (AvgIpc) is 3.05. The standard InChI is InChI=1S/C30H35NO4/c1-4-33-29(30(32)34-5-2)20-23-14-18-26(19-15-23)35-21-22(3)31-27-12-8-6-10-24(27)16-17-25-11-7-9-13-28(25)31/h6-15,18-19,22,29H,4-5,16-17,20-21H2,1-3H3. The minimum atomic E-state index is -0.588. The molecule has 0 spiro atoms. The summed E-state index contributed by atoms with van der Waals surface area (Å²) in [5.74, 6) is 0.489. The van der Waals surface area contributed by atoms with Gasteiger partial charge in [0.1, 0.15) is 12.4 Å². The SMILES string of the molecule is CCOC(=O)C(Cc1ccc(OCC(C)N2c3ccccc3CCc3ccccc32)cc1)OCC. The number of aryl methyl sites for hydroxylation is 2. The molecule has 184 valence electrons. The first-order valence-electron chi connectivity index (χ1n) is 12.6. The largest absolute Gasteiger partial charge is 0.491 e. The van der Waals surface area contributed by atoms with Crippen LogP contribution in [0.5, 0.6) is 5.75 Å². The van der Waals surface area contributed by atoms with Crippen LogP contribution in [-0.4, -0.2) is 37.9 Å². The highest BCUT2D eigenvalue weighted by Crippen LogP contribution is 2.37. The van der Waals surface area contributed by atoms with Gasteiger partial charge in [-0.2, -0.15) is 0 Å². The molecule has 1 aliphatic rings. The van der Waals surface area contributed by atoms with Crippen LogP contribution in [0.2, 0.25) is 0 Å². The van der Waals surface area contributed by atoms with Gasteiger partial charge in [-0.15, -0.1) is 0 Å². The highest BCUT2D eigenvalue weighted by atomic mass is 16.6. The molecule has 0 radical (unpaired) electrons. The molecule has 0 fully saturated rings. The number of rotatable bonds is 10. The molecule has 3 aromatic rings. The molecular formula is C30H35NO4. The van der Waals surface area contributed by atoms with Crippen molar-refractivity contribution in [2.24, 2.45) is 0 Å². The van der Waals surface area contributed by atoms with Crippen LogP contribution in [0.15, 0.2) is 72.8 Å². The smallest absolute Gasteiger partial charge is 0.335 e. The maximum Gasteiger partial charge on any atom is 0.335 e. The molecule has 2 unspecified atom stereocenters. The van der Waals surface area contributed by atoms with Gasteiger partial charge in [0.25, 0.3) is 0 Å². The van der Waals surface area contributed by atoms with Gasteiger partial charge < -0.3 is 19.1 Å². The lowest BCUT2D eigenvalue weighted by molar-refractivity contribution is -0.156. The van der Waals surface area contributed by atoms with E-state index in [0.717, 1.165) is 24.2 Å². The predicted molar refractivity (Wildman–Crippen MR) is 140 cm³/mol. The normalized spacial score (nSPS) is 14.3. The highest BCUT2D eigenvalue weighted by molar-refractivity contribution is 5.75. The van der Waals surface area contributed by atoms with Gasteiger partial charge in [0.15, 0.2) is 6.10 Å². The second-order valence-corrected chi connectivity index (χ2v) is 8.83. The minimum absolute atomic E-state index is 0.140. The Hall–Kier alpha value is -3.31. The summed E-state index contributed by atoms with van der Waals surface area (Å²) in [4.78, 5) is 14.6. The molecule has 4 rings (SSSR count). The lowest BCUT2D eigenvalue weighted by Crippen LogP contribution is -2.34. The summed E-state index contributed by atoms with van der Waals surface area (Å²) in [5.41, 5.74) is 6.25. The molecule has 5 heteroatoms. The Morgan fingerprint density at radius 3 is 2.03 bits per heavy atom. The Balaban J connectivity index is 1.44. The van der Waals surface area contributed by atoms with Crippen LogP contribution in [-0.2, 0) is 33.5 Å². The maximum absolute atomic E-state index is 12.2. The average molecular weight is 474 g/mol. The van der Waals surface area contributed by atoms with Gasteiger partial charge in [-0.3, -0.25) is 0 Å². The number of nitrogens with zero attached hydrogens (tertiary/aromatic N) is 1. The van der Waals surface area contributed by atoms with Gasteiger partial charge in [-0.25, -0.2) is 4.79 Å². The van der Waals surface area contributed by atoms with Crippen LogP contribution < -0.4 is 9.64 Å². The van der Waals surface area contributed by atoms with E-state index in [4.69, 9.17) is 14.2 Å². The fourth-order valence-electron chi connectivity index (χ4n) is 4.66. The lowest BCUT2D eigenvalue weighted by Gasteiger charge is -2.33. The predicted octanol–water partition coefficient (Wildman–Crippen LogP) is 5.90. The van der Waals surface area contributed by atoms with E-state index in [1.54, 1.807) is 6.92 Å². The number of hydrogen-bond acceptors (Lipinski definition) is 5. The first-order valence-corrected chi connectivity index (χ1v) is 12.6. The molecule has 0 aliphatic carbocycles. The first kappa shape index (κ1) is 24.8. The summed E-state index contributed by atoms with van der Waals surface area (Å²) in [6, 6.07) is 25.4. The molecule has 35 heavy (non-hydrogen) atoms. The summed E-state index contributed by atoms with van der Waals surface area (Å²) >= 11 is 0. The number of ether oxygens (including phenoxy) is 3. The van der Waals surface area contributed by atoms with Crippen molar-refractivity contribution in [2.75, 3.05) is 24.7 Å². The number of carbonyl (C=O) groups excluding carboxylic acids is 1. The fraction of sp³-hybridized carbons (Fsp3) is 0.367. The Morgan fingerprint density at radius 1 is 0.857 bits per heavy atom. The van der Waals surface area contributed by atoms with Crippen molar-refractivity contribution in [3.8, 4) is 5.75 Å². The molecule has 0 N–H and O–H groups in total. The fourth-order valence-corrected chi connectivity index (χ4v) is 4.66. The van der Waals surface area contributed by atoms with Gasteiger partial charge in [-0.05, 0) is 74.6 Å². The van der Waals surface area contributed by atoms with E-state index >= 15 is 0 Å². The third-order valence-corrected chi connectivity index (χ3v) is 6.36. The zero-order valence-electron chi connectivity index (χ0n) is 20.9. The van der Waals surface area contributed by atoms with Crippen LogP contribution in [0, 0.1) is 0 Å². The topological polar surface area (TPSA) is 48.0 Å². The van der Waals surface area contributed by atoms with Crippen LogP contribution in [0.25, 0.3) is 0 Å². The van der Waals surface area contributed by atoms with Gasteiger partial charge in [0, 0.05) is 24.4 Å². The van der Waals surface area contributed by atoms with Crippen molar-refractivity contribution in [1.29, 1.82) is 0 Å². The van der Waals surface area contributed by atoms with Crippen molar-refractivity contribution >= 4 is 17.3 Å². The zero-order chi connectivity index (χ0) is 24.6. The van der Waals surface area contributed by atoms with Crippen molar-refractivity contribution in [3.05, 3.63) is 89.5 Å². The molecule has 0 bridgehead atoms. The molecule has 2 atom stereocenters. The molecule has 5 nitrogen and oxygen atoms in total.